The van der Waals surface area contributed by atoms with Crippen LogP contribution in [0.1, 0.15) is 110 Å². The van der Waals surface area contributed by atoms with Gasteiger partial charge in [0.1, 0.15) is 5.78 Å². The summed E-state index contributed by atoms with van der Waals surface area (Å²) in [7, 11) is 0. The zero-order chi connectivity index (χ0) is 20.0. The highest BCUT2D eigenvalue weighted by atomic mass is 16.3. The number of ketones is 1. The average Bonchev–Trinajstić information content (AvgIpc) is 2.66. The Labute approximate surface area is 168 Å². The maximum Gasteiger partial charge on any atom is 0.132 e. The molecule has 0 aromatic rings. The second-order valence-corrected chi connectivity index (χ2v) is 7.92. The van der Waals surface area contributed by atoms with E-state index in [2.05, 4.69) is 6.92 Å². The molecule has 0 aliphatic carbocycles. The smallest absolute Gasteiger partial charge is 0.132 e. The number of hydrogen-bond donors (Lipinski definition) is 2. The van der Waals surface area contributed by atoms with Crippen LogP contribution in [0.2, 0.25) is 0 Å². The van der Waals surface area contributed by atoms with Gasteiger partial charge in [0.25, 0.3) is 0 Å². The van der Waals surface area contributed by atoms with Gasteiger partial charge in [-0.2, -0.15) is 0 Å². The van der Waals surface area contributed by atoms with E-state index in [9.17, 15) is 4.79 Å². The molecule has 2 N–H and O–H groups in total. The van der Waals surface area contributed by atoms with E-state index in [1.54, 1.807) is 0 Å². The molecule has 0 aromatic carbocycles. The van der Waals surface area contributed by atoms with E-state index in [1.165, 1.54) is 77.0 Å². The van der Waals surface area contributed by atoms with Gasteiger partial charge in [0.05, 0.1) is 13.2 Å². The summed E-state index contributed by atoms with van der Waals surface area (Å²) in [5, 5.41) is 17.9. The van der Waals surface area contributed by atoms with E-state index in [4.69, 9.17) is 10.2 Å². The highest BCUT2D eigenvalue weighted by molar-refractivity contribution is 5.78. The molecule has 0 unspecified atom stereocenters. The van der Waals surface area contributed by atoms with Gasteiger partial charge in [-0.05, 0) is 19.4 Å². The molecule has 0 aliphatic rings. The highest BCUT2D eigenvalue weighted by Crippen LogP contribution is 2.13. The van der Waals surface area contributed by atoms with Crippen molar-refractivity contribution < 1.29 is 15.0 Å². The van der Waals surface area contributed by atoms with E-state index in [0.717, 1.165) is 25.8 Å². The Kier molecular flexibility index (Phi) is 21.5. The second kappa shape index (κ2) is 21.8. The molecular weight excluding hydrogens is 338 g/mol. The molecule has 162 valence electrons. The van der Waals surface area contributed by atoms with Crippen LogP contribution in [-0.2, 0) is 4.79 Å². The summed E-state index contributed by atoms with van der Waals surface area (Å²) in [6.45, 7) is 4.41. The fourth-order valence-corrected chi connectivity index (χ4v) is 3.58. The van der Waals surface area contributed by atoms with Crippen molar-refractivity contribution in [1.29, 1.82) is 0 Å². The van der Waals surface area contributed by atoms with Crippen LogP contribution >= 0.6 is 0 Å². The molecule has 0 heterocycles. The molecule has 4 nitrogen and oxygen atoms in total. The van der Waals surface area contributed by atoms with E-state index in [0.29, 0.717) is 25.3 Å². The van der Waals surface area contributed by atoms with Gasteiger partial charge >= 0.3 is 0 Å². The zero-order valence-electron chi connectivity index (χ0n) is 18.1. The van der Waals surface area contributed by atoms with Crippen LogP contribution in [0, 0.1) is 0 Å². The van der Waals surface area contributed by atoms with Crippen LogP contribution in [0.5, 0.6) is 0 Å². The molecule has 0 aliphatic heterocycles. The first-order valence-corrected chi connectivity index (χ1v) is 11.7. The number of carbonyl (C=O) groups excluding carboxylic acids is 1. The minimum atomic E-state index is 0.104. The van der Waals surface area contributed by atoms with Gasteiger partial charge in [-0.25, -0.2) is 0 Å². The van der Waals surface area contributed by atoms with Gasteiger partial charge in [0, 0.05) is 25.9 Å². The molecule has 4 heteroatoms. The highest BCUT2D eigenvalue weighted by Gasteiger charge is 2.06. The van der Waals surface area contributed by atoms with Crippen molar-refractivity contribution in [1.82, 2.24) is 4.90 Å². The number of hydrogen-bond acceptors (Lipinski definition) is 4. The fourth-order valence-electron chi connectivity index (χ4n) is 3.58. The topological polar surface area (TPSA) is 60.8 Å². The van der Waals surface area contributed by atoms with Crippen molar-refractivity contribution in [3.8, 4) is 0 Å². The summed E-state index contributed by atoms with van der Waals surface area (Å²) in [6.07, 6.45) is 19.5. The molecule has 0 spiro atoms. The molecule has 0 aromatic heterocycles. The summed E-state index contributed by atoms with van der Waals surface area (Å²) in [4.78, 5) is 13.9. The van der Waals surface area contributed by atoms with Crippen LogP contribution < -0.4 is 0 Å². The number of unbranched alkanes of at least 4 members (excludes halogenated alkanes) is 12. The van der Waals surface area contributed by atoms with Crippen molar-refractivity contribution in [2.45, 2.75) is 110 Å². The summed E-state index contributed by atoms with van der Waals surface area (Å²) in [6, 6.07) is 0. The molecule has 0 amide bonds. The van der Waals surface area contributed by atoms with Gasteiger partial charge in [-0.1, -0.05) is 84.0 Å². The van der Waals surface area contributed by atoms with Crippen molar-refractivity contribution in [3.05, 3.63) is 0 Å². The van der Waals surface area contributed by atoms with Crippen LogP contribution in [-0.4, -0.2) is 53.7 Å². The minimum absolute atomic E-state index is 0.104. The quantitative estimate of drug-likeness (QED) is 0.254. The van der Waals surface area contributed by atoms with Crippen molar-refractivity contribution in [3.63, 3.8) is 0 Å². The number of aliphatic hydroxyl groups is 2. The van der Waals surface area contributed by atoms with Crippen molar-refractivity contribution >= 4 is 5.78 Å². The Balaban J connectivity index is 3.31. The molecule has 0 fully saturated rings. The van der Waals surface area contributed by atoms with E-state index >= 15 is 0 Å². The third-order valence-electron chi connectivity index (χ3n) is 5.32. The Bertz CT molecular complexity index is 304. The maximum atomic E-state index is 11.9. The summed E-state index contributed by atoms with van der Waals surface area (Å²) < 4.78 is 0. The molecule has 0 saturated carbocycles. The largest absolute Gasteiger partial charge is 0.395 e. The predicted octanol–water partition coefficient (Wildman–Crippen LogP) is 5.10. The Morgan fingerprint density at radius 2 is 1.00 bits per heavy atom. The molecular formula is C23H47NO3. The molecule has 0 saturated heterocycles. The first kappa shape index (κ1) is 26.6. The third-order valence-corrected chi connectivity index (χ3v) is 5.32. The molecule has 0 radical (unpaired) electrons. The SMILES string of the molecule is CCCCCCCCCCCCCCCC(=O)CCCN(CCO)CCO. The lowest BCUT2D eigenvalue weighted by Crippen LogP contribution is -2.31. The van der Waals surface area contributed by atoms with Gasteiger partial charge in [-0.3, -0.25) is 9.69 Å². The maximum absolute atomic E-state index is 11.9. The first-order valence-electron chi connectivity index (χ1n) is 11.7. The van der Waals surface area contributed by atoms with Crippen LogP contribution in [0.15, 0.2) is 0 Å². The average molecular weight is 386 g/mol. The number of carbonyl (C=O) groups is 1. The van der Waals surface area contributed by atoms with Crippen molar-refractivity contribution in [2.24, 2.45) is 0 Å². The lowest BCUT2D eigenvalue weighted by Gasteiger charge is -2.19. The number of nitrogens with zero attached hydrogens (tertiary/aromatic N) is 1. The minimum Gasteiger partial charge on any atom is -0.395 e. The number of Topliss-reactive ketones (excluding diaryl/α,β-unsaturated/α-hetero) is 1. The Morgan fingerprint density at radius 1 is 0.593 bits per heavy atom. The third kappa shape index (κ3) is 20.1. The van der Waals surface area contributed by atoms with Gasteiger partial charge in [0.2, 0.25) is 0 Å². The lowest BCUT2D eigenvalue weighted by atomic mass is 10.0. The molecule has 0 bridgehead atoms. The summed E-state index contributed by atoms with van der Waals surface area (Å²) in [5.74, 6) is 0.367. The molecule has 0 rings (SSSR count). The van der Waals surface area contributed by atoms with Gasteiger partial charge < -0.3 is 10.2 Å². The number of rotatable bonds is 22. The fraction of sp³-hybridized carbons (Fsp3) is 0.957. The monoisotopic (exact) mass is 385 g/mol. The Morgan fingerprint density at radius 3 is 1.44 bits per heavy atom. The standard InChI is InChI=1S/C23H47NO3/c1-2-3-4-5-6-7-8-9-10-11-12-13-14-16-23(27)17-15-18-24(19-21-25)20-22-26/h25-26H,2-22H2,1H3. The number of aliphatic hydroxyl groups excluding tert-OH is 2. The van der Waals surface area contributed by atoms with Gasteiger partial charge in [-0.15, -0.1) is 0 Å². The van der Waals surface area contributed by atoms with E-state index in [-0.39, 0.29) is 13.2 Å². The van der Waals surface area contributed by atoms with E-state index in [1.807, 2.05) is 4.90 Å². The summed E-state index contributed by atoms with van der Waals surface area (Å²) >= 11 is 0. The van der Waals surface area contributed by atoms with Crippen LogP contribution in [0.4, 0.5) is 0 Å². The normalized spacial score (nSPS) is 11.4. The Hall–Kier alpha value is -0.450. The predicted molar refractivity (Wildman–Crippen MR) is 115 cm³/mol. The first-order chi connectivity index (χ1) is 13.2. The zero-order valence-corrected chi connectivity index (χ0v) is 18.1. The lowest BCUT2D eigenvalue weighted by molar-refractivity contribution is -0.119. The van der Waals surface area contributed by atoms with Crippen LogP contribution in [0.25, 0.3) is 0 Å². The summed E-state index contributed by atoms with van der Waals surface area (Å²) in [5.41, 5.74) is 0. The molecule has 0 atom stereocenters. The van der Waals surface area contributed by atoms with E-state index < -0.39 is 0 Å². The van der Waals surface area contributed by atoms with Crippen LogP contribution in [0.3, 0.4) is 0 Å². The molecule has 27 heavy (non-hydrogen) atoms. The van der Waals surface area contributed by atoms with Gasteiger partial charge in [0.15, 0.2) is 0 Å². The second-order valence-electron chi connectivity index (χ2n) is 7.92. The van der Waals surface area contributed by atoms with Crippen molar-refractivity contribution in [2.75, 3.05) is 32.8 Å².